The second-order valence-electron chi connectivity index (χ2n) is 5.47. The molecule has 116 valence electrons. The smallest absolute Gasteiger partial charge is 0.241 e. The van der Waals surface area contributed by atoms with Gasteiger partial charge >= 0.3 is 0 Å². The van der Waals surface area contributed by atoms with Crippen molar-refractivity contribution in [2.45, 2.75) is 18.9 Å². The summed E-state index contributed by atoms with van der Waals surface area (Å²) in [6, 6.07) is 9.22. The fourth-order valence-electron chi connectivity index (χ4n) is 2.62. The number of nitrogens with zero attached hydrogens (tertiary/aromatic N) is 2. The second-order valence-corrected chi connectivity index (χ2v) is 5.47. The van der Waals surface area contributed by atoms with Crippen molar-refractivity contribution in [2.24, 2.45) is 11.7 Å². The lowest BCUT2D eigenvalue weighted by atomic mass is 9.92. The van der Waals surface area contributed by atoms with E-state index >= 15 is 0 Å². The van der Waals surface area contributed by atoms with Crippen molar-refractivity contribution in [3.05, 3.63) is 42.7 Å². The number of carbonyl (C=O) groups excluding carboxylic acids is 1. The zero-order valence-electron chi connectivity index (χ0n) is 12.3. The largest absolute Gasteiger partial charge is 0.381 e. The molecule has 6 nitrogen and oxygen atoms in total. The number of benzene rings is 1. The van der Waals surface area contributed by atoms with Gasteiger partial charge in [-0.2, -0.15) is 5.10 Å². The van der Waals surface area contributed by atoms with Crippen LogP contribution in [0.25, 0.3) is 5.69 Å². The minimum atomic E-state index is -0.510. The molecule has 0 aliphatic carbocycles. The summed E-state index contributed by atoms with van der Waals surface area (Å²) >= 11 is 0. The summed E-state index contributed by atoms with van der Waals surface area (Å²) in [5, 5.41) is 7.09. The summed E-state index contributed by atoms with van der Waals surface area (Å²) in [6.45, 7) is 1.36. The van der Waals surface area contributed by atoms with Crippen LogP contribution in [-0.4, -0.2) is 34.9 Å². The molecular weight excluding hydrogens is 280 g/mol. The molecule has 1 aromatic heterocycles. The minimum Gasteiger partial charge on any atom is -0.381 e. The topological polar surface area (TPSA) is 82.2 Å². The van der Waals surface area contributed by atoms with Crippen LogP contribution >= 0.6 is 0 Å². The Labute approximate surface area is 129 Å². The lowest BCUT2D eigenvalue weighted by Gasteiger charge is -2.26. The highest BCUT2D eigenvalue weighted by molar-refractivity contribution is 5.94. The number of nitrogens with one attached hydrogen (secondary N) is 1. The number of rotatable bonds is 4. The van der Waals surface area contributed by atoms with Crippen LogP contribution in [-0.2, 0) is 9.53 Å². The molecule has 3 rings (SSSR count). The molecule has 1 saturated heterocycles. The van der Waals surface area contributed by atoms with Gasteiger partial charge in [0.15, 0.2) is 0 Å². The van der Waals surface area contributed by atoms with Crippen LogP contribution in [0.3, 0.4) is 0 Å². The predicted molar refractivity (Wildman–Crippen MR) is 83.7 cm³/mol. The van der Waals surface area contributed by atoms with E-state index in [1.54, 1.807) is 17.1 Å². The number of carbonyl (C=O) groups is 1. The fourth-order valence-corrected chi connectivity index (χ4v) is 2.62. The van der Waals surface area contributed by atoms with Gasteiger partial charge < -0.3 is 15.8 Å². The Morgan fingerprint density at radius 2 is 2.05 bits per heavy atom. The van der Waals surface area contributed by atoms with E-state index in [4.69, 9.17) is 10.5 Å². The molecule has 1 aliphatic heterocycles. The van der Waals surface area contributed by atoms with Crippen LogP contribution in [0.1, 0.15) is 12.8 Å². The van der Waals surface area contributed by atoms with E-state index in [9.17, 15) is 4.79 Å². The van der Waals surface area contributed by atoms with E-state index in [2.05, 4.69) is 10.4 Å². The van der Waals surface area contributed by atoms with E-state index in [0.717, 1.165) is 18.5 Å². The van der Waals surface area contributed by atoms with Gasteiger partial charge in [-0.05, 0) is 30.9 Å². The molecule has 1 atom stereocenters. The number of anilines is 1. The van der Waals surface area contributed by atoms with Gasteiger partial charge in [0.1, 0.15) is 0 Å². The molecule has 1 amide bonds. The summed E-state index contributed by atoms with van der Waals surface area (Å²) in [4.78, 5) is 12.2. The molecule has 0 bridgehead atoms. The first-order valence-electron chi connectivity index (χ1n) is 7.48. The van der Waals surface area contributed by atoms with Gasteiger partial charge in [0.25, 0.3) is 0 Å². The second kappa shape index (κ2) is 6.72. The molecule has 0 spiro atoms. The molecule has 0 radical (unpaired) electrons. The highest BCUT2D eigenvalue weighted by Crippen LogP contribution is 2.19. The molecule has 1 aromatic carbocycles. The maximum Gasteiger partial charge on any atom is 0.241 e. The zero-order chi connectivity index (χ0) is 15.4. The quantitative estimate of drug-likeness (QED) is 0.898. The first-order chi connectivity index (χ1) is 10.7. The average molecular weight is 300 g/mol. The van der Waals surface area contributed by atoms with Gasteiger partial charge in [-0.1, -0.05) is 18.2 Å². The SMILES string of the molecule is NC(C(=O)Nc1cnn(-c2ccccc2)c1)C1CCOCC1. The van der Waals surface area contributed by atoms with Gasteiger partial charge in [-0.3, -0.25) is 4.79 Å². The number of amides is 1. The molecule has 2 heterocycles. The molecule has 1 aliphatic rings. The van der Waals surface area contributed by atoms with Crippen molar-refractivity contribution >= 4 is 11.6 Å². The maximum absolute atomic E-state index is 12.2. The molecule has 22 heavy (non-hydrogen) atoms. The Morgan fingerprint density at radius 3 is 2.77 bits per heavy atom. The molecule has 6 heteroatoms. The number of nitrogens with two attached hydrogens (primary N) is 1. The summed E-state index contributed by atoms with van der Waals surface area (Å²) in [7, 11) is 0. The summed E-state index contributed by atoms with van der Waals surface area (Å²) in [5.41, 5.74) is 7.65. The highest BCUT2D eigenvalue weighted by atomic mass is 16.5. The van der Waals surface area contributed by atoms with E-state index in [0.29, 0.717) is 18.9 Å². The predicted octanol–water partition coefficient (Wildman–Crippen LogP) is 1.56. The van der Waals surface area contributed by atoms with Crippen molar-refractivity contribution in [1.29, 1.82) is 0 Å². The van der Waals surface area contributed by atoms with E-state index in [1.807, 2.05) is 30.3 Å². The highest BCUT2D eigenvalue weighted by Gasteiger charge is 2.26. The molecule has 2 aromatic rings. The van der Waals surface area contributed by atoms with Gasteiger partial charge in [0, 0.05) is 13.2 Å². The zero-order valence-corrected chi connectivity index (χ0v) is 12.3. The summed E-state index contributed by atoms with van der Waals surface area (Å²) in [6.07, 6.45) is 5.07. The van der Waals surface area contributed by atoms with Crippen LogP contribution in [0, 0.1) is 5.92 Å². The number of ether oxygens (including phenoxy) is 1. The number of aromatic nitrogens is 2. The number of hydrogen-bond acceptors (Lipinski definition) is 4. The van der Waals surface area contributed by atoms with Crippen LogP contribution in [0.5, 0.6) is 0 Å². The molecular formula is C16H20N4O2. The normalized spacial score (nSPS) is 17.1. The first kappa shape index (κ1) is 14.7. The van der Waals surface area contributed by atoms with E-state index < -0.39 is 6.04 Å². The third-order valence-electron chi connectivity index (χ3n) is 3.95. The van der Waals surface area contributed by atoms with Gasteiger partial charge in [0.2, 0.25) is 5.91 Å². The van der Waals surface area contributed by atoms with Crippen LogP contribution in [0.2, 0.25) is 0 Å². The van der Waals surface area contributed by atoms with Crippen LogP contribution < -0.4 is 11.1 Å². The van der Waals surface area contributed by atoms with Crippen molar-refractivity contribution in [3.8, 4) is 5.69 Å². The van der Waals surface area contributed by atoms with Gasteiger partial charge in [0.05, 0.1) is 29.8 Å². The van der Waals surface area contributed by atoms with E-state index in [1.165, 1.54) is 0 Å². The van der Waals surface area contributed by atoms with Crippen molar-refractivity contribution in [1.82, 2.24) is 9.78 Å². The van der Waals surface area contributed by atoms with Gasteiger partial charge in [-0.15, -0.1) is 0 Å². The van der Waals surface area contributed by atoms with Crippen LogP contribution in [0.15, 0.2) is 42.7 Å². The molecule has 1 unspecified atom stereocenters. The standard InChI is InChI=1S/C16H20N4O2/c17-15(12-6-8-22-9-7-12)16(21)19-13-10-18-20(11-13)14-4-2-1-3-5-14/h1-5,10-12,15H,6-9,17H2,(H,19,21). The third kappa shape index (κ3) is 3.35. The minimum absolute atomic E-state index is 0.167. The van der Waals surface area contributed by atoms with Crippen molar-refractivity contribution in [2.75, 3.05) is 18.5 Å². The third-order valence-corrected chi connectivity index (χ3v) is 3.95. The first-order valence-corrected chi connectivity index (χ1v) is 7.48. The van der Waals surface area contributed by atoms with Crippen molar-refractivity contribution in [3.63, 3.8) is 0 Å². The summed E-state index contributed by atoms with van der Waals surface area (Å²) in [5.74, 6) is 0.0115. The molecule has 3 N–H and O–H groups in total. The monoisotopic (exact) mass is 300 g/mol. The molecule has 0 saturated carbocycles. The van der Waals surface area contributed by atoms with Crippen LogP contribution in [0.4, 0.5) is 5.69 Å². The van der Waals surface area contributed by atoms with E-state index in [-0.39, 0.29) is 11.8 Å². The number of para-hydroxylation sites is 1. The summed E-state index contributed by atoms with van der Waals surface area (Å²) < 4.78 is 7.02. The Balaban J connectivity index is 1.63. The lowest BCUT2D eigenvalue weighted by molar-refractivity contribution is -0.119. The Hall–Kier alpha value is -2.18. The maximum atomic E-state index is 12.2. The Morgan fingerprint density at radius 1 is 1.32 bits per heavy atom. The Kier molecular flexibility index (Phi) is 4.50. The fraction of sp³-hybridized carbons (Fsp3) is 0.375. The Bertz CT molecular complexity index is 620. The average Bonchev–Trinajstić information content (AvgIpc) is 3.04. The molecule has 1 fully saturated rings. The number of hydrogen-bond donors (Lipinski definition) is 2. The lowest BCUT2D eigenvalue weighted by Crippen LogP contribution is -2.43. The van der Waals surface area contributed by atoms with Gasteiger partial charge in [-0.25, -0.2) is 4.68 Å². The van der Waals surface area contributed by atoms with Crippen molar-refractivity contribution < 1.29 is 9.53 Å².